The van der Waals surface area contributed by atoms with Crippen LogP contribution in [0.1, 0.15) is 62.0 Å². The third-order valence-corrected chi connectivity index (χ3v) is 8.84. The van der Waals surface area contributed by atoms with Crippen molar-refractivity contribution in [2.24, 2.45) is 4.99 Å². The summed E-state index contributed by atoms with van der Waals surface area (Å²) in [6.45, 7) is 2.40. The van der Waals surface area contributed by atoms with E-state index in [0.717, 1.165) is 46.1 Å². The number of rotatable bonds is 9. The maximum Gasteiger partial charge on any atom is 0.338 e. The average molecular weight is 699 g/mol. The Balaban J connectivity index is 1.41. The molecule has 1 aliphatic rings. The number of anilines is 1. The molecule has 0 fully saturated rings. The fraction of sp³-hybridized carbons (Fsp3) is 0.219. The molecule has 1 amide bonds. The van der Waals surface area contributed by atoms with E-state index in [0.29, 0.717) is 45.7 Å². The Hall–Kier alpha value is -3.21. The van der Waals surface area contributed by atoms with E-state index in [1.165, 1.54) is 4.88 Å². The molecule has 4 aromatic rings. The van der Waals surface area contributed by atoms with Crippen LogP contribution in [0.5, 0.6) is 5.75 Å². The van der Waals surface area contributed by atoms with Gasteiger partial charge >= 0.3 is 5.97 Å². The van der Waals surface area contributed by atoms with Crippen LogP contribution in [-0.2, 0) is 24.2 Å². The maximum absolute atomic E-state index is 13.5. The molecular weight excluding hydrogens is 671 g/mol. The Labute approximate surface area is 261 Å². The van der Waals surface area contributed by atoms with Crippen LogP contribution >= 0.6 is 45.5 Å². The van der Waals surface area contributed by atoms with Gasteiger partial charge in [0.1, 0.15) is 17.4 Å². The Bertz CT molecular complexity index is 1590. The summed E-state index contributed by atoms with van der Waals surface area (Å²) >= 11 is 10.2. The van der Waals surface area contributed by atoms with Gasteiger partial charge in [0.05, 0.1) is 21.3 Å². The molecule has 1 aliphatic carbocycles. The van der Waals surface area contributed by atoms with Crippen LogP contribution < -0.4 is 10.1 Å². The van der Waals surface area contributed by atoms with Crippen molar-refractivity contribution in [2.45, 2.75) is 39.2 Å². The summed E-state index contributed by atoms with van der Waals surface area (Å²) in [4.78, 5) is 31.5. The minimum absolute atomic E-state index is 0.147. The van der Waals surface area contributed by atoms with Crippen LogP contribution in [0.15, 0.2) is 71.7 Å². The van der Waals surface area contributed by atoms with Gasteiger partial charge in [-0.15, -0.1) is 11.3 Å². The Morgan fingerprint density at radius 3 is 2.59 bits per heavy atom. The SMILES string of the molecule is CCOC(=O)c1ccc(COc2c(I)cc(Cl)cc2C=Nc2sc3c(c2C(=O)Nc2ccccc2)CCCC3)cc1. The first-order valence-corrected chi connectivity index (χ1v) is 15.6. The highest BCUT2D eigenvalue weighted by molar-refractivity contribution is 14.1. The zero-order valence-corrected chi connectivity index (χ0v) is 26.1. The quantitative estimate of drug-likeness (QED) is 0.108. The number of thiophene rings is 1. The fourth-order valence-electron chi connectivity index (χ4n) is 4.66. The number of carbonyl (C=O) groups is 2. The molecule has 5 rings (SSSR count). The Kier molecular flexibility index (Phi) is 9.74. The lowest BCUT2D eigenvalue weighted by molar-refractivity contribution is 0.0526. The molecule has 6 nitrogen and oxygen atoms in total. The summed E-state index contributed by atoms with van der Waals surface area (Å²) in [5.74, 6) is 0.147. The number of aryl methyl sites for hydroxylation is 1. The van der Waals surface area contributed by atoms with Crippen molar-refractivity contribution < 1.29 is 19.1 Å². The summed E-state index contributed by atoms with van der Waals surface area (Å²) in [7, 11) is 0. The summed E-state index contributed by atoms with van der Waals surface area (Å²) < 4.78 is 12.1. The summed E-state index contributed by atoms with van der Waals surface area (Å²) in [6, 6.07) is 20.3. The van der Waals surface area contributed by atoms with Crippen molar-refractivity contribution in [2.75, 3.05) is 11.9 Å². The molecule has 0 bridgehead atoms. The molecule has 0 aliphatic heterocycles. The second-order valence-electron chi connectivity index (χ2n) is 9.48. The zero-order chi connectivity index (χ0) is 28.8. The third-order valence-electron chi connectivity index (χ3n) is 6.62. The van der Waals surface area contributed by atoms with E-state index in [1.807, 2.05) is 54.6 Å². The molecule has 1 heterocycles. The summed E-state index contributed by atoms with van der Waals surface area (Å²) in [5.41, 5.74) is 4.60. The van der Waals surface area contributed by atoms with E-state index in [-0.39, 0.29) is 11.9 Å². The van der Waals surface area contributed by atoms with Crippen LogP contribution in [0.2, 0.25) is 5.02 Å². The van der Waals surface area contributed by atoms with Gasteiger partial charge in [-0.1, -0.05) is 41.9 Å². The van der Waals surface area contributed by atoms with E-state index in [9.17, 15) is 9.59 Å². The first-order valence-electron chi connectivity index (χ1n) is 13.4. The number of para-hydroxylation sites is 1. The van der Waals surface area contributed by atoms with Crippen molar-refractivity contribution in [3.05, 3.63) is 108 Å². The molecule has 0 radical (unpaired) electrons. The standard InChI is InChI=1S/C32H28ClIN2O4S/c1-2-39-32(38)21-14-12-20(13-15-21)19-40-29-22(16-23(33)17-26(29)34)18-35-31-28(25-10-6-7-11-27(25)41-31)30(37)36-24-8-4-3-5-9-24/h3-5,8-9,12-18H,2,6-7,10-11,19H2,1H3,(H,36,37). The molecule has 0 saturated heterocycles. The first-order chi connectivity index (χ1) is 19.9. The number of ether oxygens (including phenoxy) is 2. The number of nitrogens with zero attached hydrogens (tertiary/aromatic N) is 1. The Morgan fingerprint density at radius 2 is 1.83 bits per heavy atom. The van der Waals surface area contributed by atoms with Crippen molar-refractivity contribution in [1.29, 1.82) is 0 Å². The lowest BCUT2D eigenvalue weighted by Gasteiger charge is -2.13. The van der Waals surface area contributed by atoms with Crippen LogP contribution in [-0.4, -0.2) is 24.7 Å². The monoisotopic (exact) mass is 698 g/mol. The highest BCUT2D eigenvalue weighted by Gasteiger charge is 2.25. The van der Waals surface area contributed by atoms with Crippen molar-refractivity contribution in [1.82, 2.24) is 0 Å². The van der Waals surface area contributed by atoms with E-state index < -0.39 is 0 Å². The molecular formula is C32H28ClIN2O4S. The number of nitrogens with one attached hydrogen (secondary N) is 1. The molecule has 210 valence electrons. The van der Waals surface area contributed by atoms with Gasteiger partial charge in [-0.3, -0.25) is 4.79 Å². The number of benzene rings is 3. The molecule has 0 spiro atoms. The molecule has 3 aromatic carbocycles. The van der Waals surface area contributed by atoms with Gasteiger partial charge in [0.15, 0.2) is 0 Å². The topological polar surface area (TPSA) is 77.0 Å². The smallest absolute Gasteiger partial charge is 0.338 e. The molecule has 0 atom stereocenters. The van der Waals surface area contributed by atoms with Gasteiger partial charge in [0, 0.05) is 27.4 Å². The van der Waals surface area contributed by atoms with Crippen LogP contribution in [0.25, 0.3) is 0 Å². The molecule has 0 saturated carbocycles. The number of amides is 1. The molecule has 41 heavy (non-hydrogen) atoms. The van der Waals surface area contributed by atoms with Crippen molar-refractivity contribution >= 4 is 74.3 Å². The van der Waals surface area contributed by atoms with Crippen LogP contribution in [0.3, 0.4) is 0 Å². The predicted molar refractivity (Wildman–Crippen MR) is 174 cm³/mol. The summed E-state index contributed by atoms with van der Waals surface area (Å²) in [5, 5.41) is 4.28. The van der Waals surface area contributed by atoms with Crippen molar-refractivity contribution in [3.8, 4) is 5.75 Å². The van der Waals surface area contributed by atoms with E-state index in [4.69, 9.17) is 26.1 Å². The van der Waals surface area contributed by atoms with Crippen molar-refractivity contribution in [3.63, 3.8) is 0 Å². The van der Waals surface area contributed by atoms with E-state index in [2.05, 4.69) is 27.9 Å². The number of hydrogen-bond donors (Lipinski definition) is 1. The van der Waals surface area contributed by atoms with Gasteiger partial charge in [-0.25, -0.2) is 9.79 Å². The predicted octanol–water partition coefficient (Wildman–Crippen LogP) is 8.64. The molecule has 9 heteroatoms. The van der Waals surface area contributed by atoms with Gasteiger partial charge in [-0.05, 0) is 103 Å². The molecule has 0 unspecified atom stereocenters. The number of aliphatic imine (C=N–C) groups is 1. The van der Waals surface area contributed by atoms with E-state index in [1.54, 1.807) is 36.6 Å². The van der Waals surface area contributed by atoms with Gasteiger partial charge in [-0.2, -0.15) is 0 Å². The first kappa shape index (κ1) is 29.3. The van der Waals surface area contributed by atoms with Gasteiger partial charge < -0.3 is 14.8 Å². The Morgan fingerprint density at radius 1 is 1.07 bits per heavy atom. The van der Waals surface area contributed by atoms with Crippen LogP contribution in [0.4, 0.5) is 10.7 Å². The zero-order valence-electron chi connectivity index (χ0n) is 22.4. The normalized spacial score (nSPS) is 12.7. The van der Waals surface area contributed by atoms with Gasteiger partial charge in [0.2, 0.25) is 0 Å². The highest BCUT2D eigenvalue weighted by atomic mass is 127. The number of fused-ring (bicyclic) bond motifs is 1. The fourth-order valence-corrected chi connectivity index (χ4v) is 7.10. The number of halogens is 2. The largest absolute Gasteiger partial charge is 0.487 e. The highest BCUT2D eigenvalue weighted by Crippen LogP contribution is 2.40. The summed E-state index contributed by atoms with van der Waals surface area (Å²) in [6.07, 6.45) is 5.73. The number of carbonyl (C=O) groups excluding carboxylic acids is 2. The minimum Gasteiger partial charge on any atom is -0.487 e. The van der Waals surface area contributed by atoms with Crippen LogP contribution in [0, 0.1) is 3.57 Å². The lowest BCUT2D eigenvalue weighted by Crippen LogP contribution is -2.14. The number of hydrogen-bond acceptors (Lipinski definition) is 6. The second kappa shape index (κ2) is 13.6. The minimum atomic E-state index is -0.349. The number of esters is 1. The molecule has 1 N–H and O–H groups in total. The lowest BCUT2D eigenvalue weighted by atomic mass is 9.95. The van der Waals surface area contributed by atoms with Gasteiger partial charge in [0.25, 0.3) is 5.91 Å². The average Bonchev–Trinajstić information content (AvgIpc) is 3.35. The molecule has 1 aromatic heterocycles. The third kappa shape index (κ3) is 7.17. The van der Waals surface area contributed by atoms with E-state index >= 15 is 0 Å². The maximum atomic E-state index is 13.5. The second-order valence-corrected chi connectivity index (χ2v) is 12.2.